The fourth-order valence-electron chi connectivity index (χ4n) is 2.83. The summed E-state index contributed by atoms with van der Waals surface area (Å²) in [5, 5.41) is 5.76. The minimum atomic E-state index is -0.0114. The Morgan fingerprint density at radius 3 is 2.67 bits per heavy atom. The molecule has 3 nitrogen and oxygen atoms in total. The summed E-state index contributed by atoms with van der Waals surface area (Å²) in [5.41, 5.74) is 2.72. The van der Waals surface area contributed by atoms with Crippen molar-refractivity contribution in [3.8, 4) is 11.1 Å². The molecule has 0 radical (unpaired) electrons. The molecule has 1 saturated carbocycles. The highest BCUT2D eigenvalue weighted by Crippen LogP contribution is 2.30. The second-order valence-electron chi connectivity index (χ2n) is 6.28. The largest absolute Gasteiger partial charge is 0.352 e. The monoisotopic (exact) mass is 336 g/mol. The van der Waals surface area contributed by atoms with Crippen molar-refractivity contribution < 1.29 is 4.79 Å². The smallest absolute Gasteiger partial charge is 0.251 e. The quantitative estimate of drug-likeness (QED) is 0.750. The lowest BCUT2D eigenvalue weighted by atomic mass is 9.99. The summed E-state index contributed by atoms with van der Waals surface area (Å²) >= 11 is 5.98. The molecular weight excluding hydrogens is 320 g/mol. The number of nitrogens with one attached hydrogen (secondary N) is 1. The molecule has 0 aliphatic heterocycles. The molecule has 4 rings (SSSR count). The van der Waals surface area contributed by atoms with Gasteiger partial charge in [0, 0.05) is 40.5 Å². The molecule has 0 saturated heterocycles. The third-order valence-electron chi connectivity index (χ3n) is 4.43. The number of halogens is 1. The zero-order chi connectivity index (χ0) is 16.5. The van der Waals surface area contributed by atoms with Gasteiger partial charge in [-0.2, -0.15) is 0 Å². The Morgan fingerprint density at radius 1 is 1.12 bits per heavy atom. The van der Waals surface area contributed by atoms with Crippen LogP contribution in [-0.2, 0) is 0 Å². The van der Waals surface area contributed by atoms with E-state index in [2.05, 4.69) is 10.3 Å². The number of fused-ring (bicyclic) bond motifs is 1. The standard InChI is InChI=1S/C20H17ClN2O/c21-17-7-5-14(6-8-17)19-12-22-11-16-4-3-15(9-18(16)19)20(24)23-10-13-1-2-13/h3-9,11-13H,1-2,10H2,(H,23,24). The maximum absolute atomic E-state index is 12.4. The normalized spacial score (nSPS) is 13.9. The molecule has 2 aromatic carbocycles. The summed E-state index contributed by atoms with van der Waals surface area (Å²) in [5.74, 6) is 0.658. The first-order valence-electron chi connectivity index (χ1n) is 8.12. The first kappa shape index (κ1) is 15.2. The summed E-state index contributed by atoms with van der Waals surface area (Å²) in [7, 11) is 0. The first-order valence-corrected chi connectivity index (χ1v) is 8.50. The number of hydrogen-bond donors (Lipinski definition) is 1. The average Bonchev–Trinajstić information content (AvgIpc) is 3.44. The lowest BCUT2D eigenvalue weighted by Crippen LogP contribution is -2.25. The maximum atomic E-state index is 12.4. The van der Waals surface area contributed by atoms with Gasteiger partial charge >= 0.3 is 0 Å². The number of amides is 1. The van der Waals surface area contributed by atoms with Gasteiger partial charge in [0.2, 0.25) is 0 Å². The predicted octanol–water partition coefficient (Wildman–Crippen LogP) is 4.70. The number of hydrogen-bond acceptors (Lipinski definition) is 2. The van der Waals surface area contributed by atoms with Gasteiger partial charge in [0.25, 0.3) is 5.91 Å². The number of rotatable bonds is 4. The highest BCUT2D eigenvalue weighted by atomic mass is 35.5. The van der Waals surface area contributed by atoms with Crippen LogP contribution in [0.2, 0.25) is 5.02 Å². The van der Waals surface area contributed by atoms with Crippen molar-refractivity contribution in [3.63, 3.8) is 0 Å². The van der Waals surface area contributed by atoms with E-state index in [1.165, 1.54) is 12.8 Å². The van der Waals surface area contributed by atoms with E-state index in [4.69, 9.17) is 11.6 Å². The Balaban J connectivity index is 1.72. The fraction of sp³-hybridized carbons (Fsp3) is 0.200. The Kier molecular flexibility index (Phi) is 3.95. The van der Waals surface area contributed by atoms with E-state index in [0.717, 1.165) is 28.4 Å². The van der Waals surface area contributed by atoms with Crippen molar-refractivity contribution in [1.82, 2.24) is 10.3 Å². The topological polar surface area (TPSA) is 42.0 Å². The van der Waals surface area contributed by atoms with Crippen molar-refractivity contribution in [1.29, 1.82) is 0 Å². The van der Waals surface area contributed by atoms with Crippen LogP contribution < -0.4 is 5.32 Å². The van der Waals surface area contributed by atoms with Crippen molar-refractivity contribution in [2.75, 3.05) is 6.54 Å². The van der Waals surface area contributed by atoms with E-state index in [9.17, 15) is 4.79 Å². The van der Waals surface area contributed by atoms with Crippen molar-refractivity contribution in [3.05, 3.63) is 65.4 Å². The van der Waals surface area contributed by atoms with Gasteiger partial charge in [-0.25, -0.2) is 0 Å². The van der Waals surface area contributed by atoms with Crippen molar-refractivity contribution in [2.24, 2.45) is 5.92 Å². The van der Waals surface area contributed by atoms with Gasteiger partial charge in [-0.1, -0.05) is 29.8 Å². The molecule has 0 atom stereocenters. The molecule has 1 aromatic heterocycles. The number of carbonyl (C=O) groups excluding carboxylic acids is 1. The average molecular weight is 337 g/mol. The van der Waals surface area contributed by atoms with Crippen LogP contribution in [0.15, 0.2) is 54.9 Å². The molecule has 1 N–H and O–H groups in total. The maximum Gasteiger partial charge on any atom is 0.251 e. The van der Waals surface area contributed by atoms with Crippen LogP contribution in [0.4, 0.5) is 0 Å². The van der Waals surface area contributed by atoms with Gasteiger partial charge in [-0.15, -0.1) is 0 Å². The van der Waals surface area contributed by atoms with Crippen LogP contribution in [0, 0.1) is 5.92 Å². The molecule has 1 amide bonds. The Labute approximate surface area is 145 Å². The Morgan fingerprint density at radius 2 is 1.92 bits per heavy atom. The minimum absolute atomic E-state index is 0.0114. The van der Waals surface area contributed by atoms with E-state index in [-0.39, 0.29) is 5.91 Å². The van der Waals surface area contributed by atoms with Crippen LogP contribution in [0.1, 0.15) is 23.2 Å². The van der Waals surface area contributed by atoms with E-state index < -0.39 is 0 Å². The molecular formula is C20H17ClN2O. The SMILES string of the molecule is O=C(NCC1CC1)c1ccc2cncc(-c3ccc(Cl)cc3)c2c1. The van der Waals surface area contributed by atoms with Crippen LogP contribution in [0.5, 0.6) is 0 Å². The lowest BCUT2D eigenvalue weighted by molar-refractivity contribution is 0.0952. The molecule has 1 heterocycles. The van der Waals surface area contributed by atoms with E-state index in [1.54, 1.807) is 0 Å². The second-order valence-corrected chi connectivity index (χ2v) is 6.72. The number of carbonyl (C=O) groups is 1. The Bertz CT molecular complexity index is 901. The van der Waals surface area contributed by atoms with Gasteiger partial charge in [-0.3, -0.25) is 9.78 Å². The molecule has 1 fully saturated rings. The first-order chi connectivity index (χ1) is 11.7. The van der Waals surface area contributed by atoms with Crippen LogP contribution in [-0.4, -0.2) is 17.4 Å². The van der Waals surface area contributed by atoms with Crippen LogP contribution >= 0.6 is 11.6 Å². The summed E-state index contributed by atoms with van der Waals surface area (Å²) < 4.78 is 0. The molecule has 1 aliphatic carbocycles. The lowest BCUT2D eigenvalue weighted by Gasteiger charge is -2.09. The van der Waals surface area contributed by atoms with Gasteiger partial charge in [0.15, 0.2) is 0 Å². The highest BCUT2D eigenvalue weighted by Gasteiger charge is 2.22. The van der Waals surface area contributed by atoms with Crippen molar-refractivity contribution >= 4 is 28.3 Å². The molecule has 1 aliphatic rings. The summed E-state index contributed by atoms with van der Waals surface area (Å²) in [6.07, 6.45) is 6.10. The molecule has 0 spiro atoms. The summed E-state index contributed by atoms with van der Waals surface area (Å²) in [6, 6.07) is 13.4. The fourth-order valence-corrected chi connectivity index (χ4v) is 2.95. The molecule has 0 bridgehead atoms. The molecule has 3 aromatic rings. The second kappa shape index (κ2) is 6.25. The van der Waals surface area contributed by atoms with Gasteiger partial charge in [-0.05, 0) is 54.0 Å². The third-order valence-corrected chi connectivity index (χ3v) is 4.68. The van der Waals surface area contributed by atoms with Gasteiger partial charge in [0.05, 0.1) is 0 Å². The number of benzene rings is 2. The molecule has 0 unspecified atom stereocenters. The highest BCUT2D eigenvalue weighted by molar-refractivity contribution is 6.30. The number of aromatic nitrogens is 1. The van der Waals surface area contributed by atoms with Crippen LogP contribution in [0.25, 0.3) is 21.9 Å². The summed E-state index contributed by atoms with van der Waals surface area (Å²) in [4.78, 5) is 16.7. The minimum Gasteiger partial charge on any atom is -0.352 e. The molecule has 24 heavy (non-hydrogen) atoms. The number of nitrogens with zero attached hydrogens (tertiary/aromatic N) is 1. The van der Waals surface area contributed by atoms with Gasteiger partial charge < -0.3 is 5.32 Å². The van der Waals surface area contributed by atoms with E-state index in [1.807, 2.05) is 54.9 Å². The van der Waals surface area contributed by atoms with Gasteiger partial charge in [0.1, 0.15) is 0 Å². The molecule has 120 valence electrons. The van der Waals surface area contributed by atoms with E-state index in [0.29, 0.717) is 16.5 Å². The summed E-state index contributed by atoms with van der Waals surface area (Å²) in [6.45, 7) is 0.775. The van der Waals surface area contributed by atoms with Crippen molar-refractivity contribution in [2.45, 2.75) is 12.8 Å². The molecule has 4 heteroatoms. The zero-order valence-electron chi connectivity index (χ0n) is 13.1. The zero-order valence-corrected chi connectivity index (χ0v) is 13.9. The third kappa shape index (κ3) is 3.13. The van der Waals surface area contributed by atoms with Crippen LogP contribution in [0.3, 0.4) is 0 Å². The predicted molar refractivity (Wildman–Crippen MR) is 97.2 cm³/mol. The van der Waals surface area contributed by atoms with E-state index >= 15 is 0 Å². The number of pyridine rings is 1. The Hall–Kier alpha value is -2.39.